The van der Waals surface area contributed by atoms with Crippen molar-refractivity contribution in [3.8, 4) is 18.1 Å². The van der Waals surface area contributed by atoms with Crippen LogP contribution in [0.25, 0.3) is 10.9 Å². The number of pyridine rings is 1. The molecule has 0 aliphatic carbocycles. The molecule has 3 rings (SSSR count). The Kier molecular flexibility index (Phi) is 4.99. The molecule has 0 saturated carbocycles. The molecule has 1 aromatic carbocycles. The van der Waals surface area contributed by atoms with E-state index >= 15 is 0 Å². The van der Waals surface area contributed by atoms with Crippen molar-refractivity contribution in [2.24, 2.45) is 0 Å². The van der Waals surface area contributed by atoms with Crippen LogP contribution < -0.4 is 10.1 Å². The Balaban J connectivity index is 1.75. The third kappa shape index (κ3) is 3.74. The molecule has 1 aromatic heterocycles. The van der Waals surface area contributed by atoms with Gasteiger partial charge in [-0.2, -0.15) is 11.8 Å². The highest BCUT2D eigenvalue weighted by Crippen LogP contribution is 2.24. The number of hydrogen-bond donors (Lipinski definition) is 1. The number of amides is 1. The number of carbonyl (C=O) groups is 1. The Morgan fingerprint density at radius 1 is 1.52 bits per heavy atom. The van der Waals surface area contributed by atoms with Gasteiger partial charge < -0.3 is 10.1 Å². The molecular weight excluding hydrogens is 328 g/mol. The summed E-state index contributed by atoms with van der Waals surface area (Å²) in [6.45, 7) is 0. The minimum Gasteiger partial charge on any atom is -0.470 e. The number of nitrogens with zero attached hydrogens (tertiary/aromatic N) is 1. The summed E-state index contributed by atoms with van der Waals surface area (Å²) >= 11 is 3.20. The van der Waals surface area contributed by atoms with Gasteiger partial charge in [0, 0.05) is 34.7 Å². The van der Waals surface area contributed by atoms with E-state index in [-0.39, 0.29) is 11.9 Å². The zero-order chi connectivity index (χ0) is 16.2. The van der Waals surface area contributed by atoms with E-state index in [1.54, 1.807) is 6.20 Å². The Hall–Kier alpha value is -1.84. The smallest absolute Gasteiger partial charge is 0.272 e. The Morgan fingerprint density at radius 2 is 2.35 bits per heavy atom. The lowest BCUT2D eigenvalue weighted by molar-refractivity contribution is -0.124. The summed E-state index contributed by atoms with van der Waals surface area (Å²) in [4.78, 5) is 16.5. The van der Waals surface area contributed by atoms with E-state index in [0.29, 0.717) is 5.75 Å². The highest BCUT2D eigenvalue weighted by Gasteiger charge is 2.26. The van der Waals surface area contributed by atoms with Gasteiger partial charge in [0.15, 0.2) is 0 Å². The number of aromatic nitrogens is 1. The summed E-state index contributed by atoms with van der Waals surface area (Å²) in [5.74, 6) is 5.07. The molecule has 1 N–H and O–H groups in total. The fraction of sp³-hybridized carbons (Fsp3) is 0.294. The van der Waals surface area contributed by atoms with Crippen molar-refractivity contribution in [2.75, 3.05) is 17.8 Å². The standard InChI is InChI=1S/C17H16N2O2S2/c1-3-11-6-12-7-14(4-5-15(12)18-8-11)21-17(22-2)16(20)19-13-9-23-10-13/h1,4-8,13,17H,9-10H2,2H3,(H,19,20). The molecular formula is C17H16N2O2S2. The van der Waals surface area contributed by atoms with Crippen LogP contribution in [-0.2, 0) is 4.79 Å². The number of rotatable bonds is 5. The van der Waals surface area contributed by atoms with Crippen molar-refractivity contribution < 1.29 is 9.53 Å². The number of carbonyl (C=O) groups excluding carboxylic acids is 1. The van der Waals surface area contributed by atoms with Crippen LogP contribution in [0.1, 0.15) is 5.56 Å². The van der Waals surface area contributed by atoms with Gasteiger partial charge in [0.1, 0.15) is 5.75 Å². The quantitative estimate of drug-likeness (QED) is 0.667. The highest BCUT2D eigenvalue weighted by atomic mass is 32.2. The maximum atomic E-state index is 12.2. The van der Waals surface area contributed by atoms with Gasteiger partial charge in [-0.05, 0) is 30.5 Å². The van der Waals surface area contributed by atoms with Crippen LogP contribution in [0, 0.1) is 12.3 Å². The first kappa shape index (κ1) is 16.0. The number of hydrogen-bond acceptors (Lipinski definition) is 5. The maximum Gasteiger partial charge on any atom is 0.272 e. The molecule has 6 heteroatoms. The number of fused-ring (bicyclic) bond motifs is 1. The topological polar surface area (TPSA) is 51.2 Å². The normalized spacial score (nSPS) is 15.5. The van der Waals surface area contributed by atoms with E-state index in [1.807, 2.05) is 42.3 Å². The molecule has 1 atom stereocenters. The molecule has 23 heavy (non-hydrogen) atoms. The number of terminal acetylenes is 1. The minimum atomic E-state index is -0.568. The third-order valence-corrected chi connectivity index (χ3v) is 5.49. The first-order chi connectivity index (χ1) is 11.2. The van der Waals surface area contributed by atoms with E-state index in [2.05, 4.69) is 16.2 Å². The SMILES string of the molecule is C#Cc1cnc2ccc(OC(SC)C(=O)NC3CSC3)cc2c1. The number of thioether (sulfide) groups is 2. The van der Waals surface area contributed by atoms with Gasteiger partial charge in [-0.3, -0.25) is 9.78 Å². The molecule has 0 bridgehead atoms. The molecule has 4 nitrogen and oxygen atoms in total. The molecule has 1 aliphatic rings. The van der Waals surface area contributed by atoms with Crippen LogP contribution >= 0.6 is 23.5 Å². The van der Waals surface area contributed by atoms with Crippen molar-refractivity contribution in [3.05, 3.63) is 36.0 Å². The highest BCUT2D eigenvalue weighted by molar-refractivity contribution is 8.00. The van der Waals surface area contributed by atoms with E-state index in [4.69, 9.17) is 11.2 Å². The second-order valence-electron chi connectivity index (χ2n) is 5.15. The lowest BCUT2D eigenvalue weighted by atomic mass is 10.1. The monoisotopic (exact) mass is 344 g/mol. The van der Waals surface area contributed by atoms with Crippen molar-refractivity contribution in [3.63, 3.8) is 0 Å². The lowest BCUT2D eigenvalue weighted by Crippen LogP contribution is -2.48. The average molecular weight is 344 g/mol. The summed E-state index contributed by atoms with van der Waals surface area (Å²) in [7, 11) is 0. The first-order valence-electron chi connectivity index (χ1n) is 7.13. The number of nitrogens with one attached hydrogen (secondary N) is 1. The maximum absolute atomic E-state index is 12.2. The second kappa shape index (κ2) is 7.16. The molecule has 1 amide bonds. The van der Waals surface area contributed by atoms with Crippen LogP contribution in [0.3, 0.4) is 0 Å². The Morgan fingerprint density at radius 3 is 3.00 bits per heavy atom. The number of ether oxygens (including phenoxy) is 1. The molecule has 118 valence electrons. The van der Waals surface area contributed by atoms with Crippen LogP contribution in [0.2, 0.25) is 0 Å². The van der Waals surface area contributed by atoms with Gasteiger partial charge in [0.05, 0.1) is 5.52 Å². The van der Waals surface area contributed by atoms with Gasteiger partial charge in [-0.25, -0.2) is 0 Å². The largest absolute Gasteiger partial charge is 0.470 e. The molecule has 1 saturated heterocycles. The van der Waals surface area contributed by atoms with E-state index in [0.717, 1.165) is 28.0 Å². The van der Waals surface area contributed by atoms with Gasteiger partial charge in [-0.15, -0.1) is 18.2 Å². The minimum absolute atomic E-state index is 0.0848. The Bertz CT molecular complexity index is 769. The molecule has 2 aromatic rings. The second-order valence-corrected chi connectivity index (χ2v) is 7.13. The summed E-state index contributed by atoms with van der Waals surface area (Å²) < 4.78 is 5.84. The van der Waals surface area contributed by atoms with Crippen molar-refractivity contribution in [1.29, 1.82) is 0 Å². The van der Waals surface area contributed by atoms with E-state index in [9.17, 15) is 4.79 Å². The lowest BCUT2D eigenvalue weighted by Gasteiger charge is -2.27. The molecule has 2 heterocycles. The summed E-state index contributed by atoms with van der Waals surface area (Å²) in [5, 5.41) is 3.90. The van der Waals surface area contributed by atoms with Crippen LogP contribution in [-0.4, -0.2) is 40.1 Å². The van der Waals surface area contributed by atoms with E-state index in [1.165, 1.54) is 11.8 Å². The van der Waals surface area contributed by atoms with Crippen LogP contribution in [0.5, 0.6) is 5.75 Å². The average Bonchev–Trinajstić information content (AvgIpc) is 2.54. The summed E-state index contributed by atoms with van der Waals surface area (Å²) in [6, 6.07) is 7.70. The summed E-state index contributed by atoms with van der Waals surface area (Å²) in [6.07, 6.45) is 8.93. The predicted molar refractivity (Wildman–Crippen MR) is 96.9 cm³/mol. The molecule has 0 spiro atoms. The molecule has 1 fully saturated rings. The van der Waals surface area contributed by atoms with Gasteiger partial charge in [-0.1, -0.05) is 5.92 Å². The fourth-order valence-electron chi connectivity index (χ4n) is 2.18. The first-order valence-corrected chi connectivity index (χ1v) is 9.58. The van der Waals surface area contributed by atoms with Gasteiger partial charge in [0.25, 0.3) is 5.91 Å². The summed E-state index contributed by atoms with van der Waals surface area (Å²) in [5.41, 5.74) is 0.992. The van der Waals surface area contributed by atoms with Gasteiger partial charge in [0.2, 0.25) is 5.44 Å². The van der Waals surface area contributed by atoms with Crippen molar-refractivity contribution in [1.82, 2.24) is 10.3 Å². The van der Waals surface area contributed by atoms with Crippen molar-refractivity contribution >= 4 is 40.3 Å². The third-order valence-electron chi connectivity index (χ3n) is 3.48. The van der Waals surface area contributed by atoms with Crippen LogP contribution in [0.15, 0.2) is 30.5 Å². The number of benzene rings is 1. The Labute approximate surface area is 143 Å². The van der Waals surface area contributed by atoms with Crippen LogP contribution in [0.4, 0.5) is 0 Å². The van der Waals surface area contributed by atoms with Crippen molar-refractivity contribution in [2.45, 2.75) is 11.5 Å². The molecule has 1 unspecified atom stereocenters. The van der Waals surface area contributed by atoms with E-state index < -0.39 is 5.44 Å². The predicted octanol–water partition coefficient (Wildman–Crippen LogP) is 2.52. The fourth-order valence-corrected chi connectivity index (χ4v) is 3.31. The zero-order valence-electron chi connectivity index (χ0n) is 12.6. The molecule has 1 aliphatic heterocycles. The zero-order valence-corrected chi connectivity index (χ0v) is 14.2. The van der Waals surface area contributed by atoms with Gasteiger partial charge >= 0.3 is 0 Å². The molecule has 0 radical (unpaired) electrons.